The molecule has 74 valence electrons. The Morgan fingerprint density at radius 2 is 2.23 bits per heavy atom. The van der Waals surface area contributed by atoms with Crippen molar-refractivity contribution < 1.29 is 5.11 Å². The smallest absolute Gasteiger partial charge is 0.182 e. The molecule has 0 saturated carbocycles. The fourth-order valence-electron chi connectivity index (χ4n) is 1.05. The van der Waals surface area contributed by atoms with Gasteiger partial charge in [0, 0.05) is 18.1 Å². The number of thiazole rings is 1. The highest BCUT2D eigenvalue weighted by Crippen LogP contribution is 2.17. The zero-order chi connectivity index (χ0) is 9.73. The second-order valence-corrected chi connectivity index (χ2v) is 4.02. The van der Waals surface area contributed by atoms with Crippen LogP contribution in [0.1, 0.15) is 26.7 Å². The molecule has 13 heavy (non-hydrogen) atoms. The van der Waals surface area contributed by atoms with E-state index in [2.05, 4.69) is 10.3 Å². The summed E-state index contributed by atoms with van der Waals surface area (Å²) in [7, 11) is 0. The van der Waals surface area contributed by atoms with Crippen LogP contribution in [0.15, 0.2) is 11.6 Å². The van der Waals surface area contributed by atoms with Gasteiger partial charge in [0.2, 0.25) is 0 Å². The minimum atomic E-state index is -0.592. The van der Waals surface area contributed by atoms with Gasteiger partial charge < -0.3 is 10.4 Å². The van der Waals surface area contributed by atoms with Crippen molar-refractivity contribution in [2.24, 2.45) is 0 Å². The average molecular weight is 200 g/mol. The van der Waals surface area contributed by atoms with Crippen LogP contribution in [0.2, 0.25) is 0 Å². The van der Waals surface area contributed by atoms with E-state index in [1.807, 2.05) is 19.2 Å². The fourth-order valence-corrected chi connectivity index (χ4v) is 1.58. The third-order valence-electron chi connectivity index (χ3n) is 2.32. The van der Waals surface area contributed by atoms with Gasteiger partial charge in [0.05, 0.1) is 5.60 Å². The van der Waals surface area contributed by atoms with Gasteiger partial charge in [-0.15, -0.1) is 11.3 Å². The number of aromatic nitrogens is 1. The van der Waals surface area contributed by atoms with Crippen molar-refractivity contribution in [1.29, 1.82) is 0 Å². The number of nitrogens with one attached hydrogen (secondary N) is 1. The summed E-state index contributed by atoms with van der Waals surface area (Å²) in [5, 5.41) is 15.9. The van der Waals surface area contributed by atoms with Crippen LogP contribution in [0.5, 0.6) is 0 Å². The van der Waals surface area contributed by atoms with Crippen molar-refractivity contribution in [3.63, 3.8) is 0 Å². The molecule has 1 heterocycles. The van der Waals surface area contributed by atoms with Crippen LogP contribution in [-0.4, -0.2) is 22.2 Å². The highest BCUT2D eigenvalue weighted by molar-refractivity contribution is 7.13. The summed E-state index contributed by atoms with van der Waals surface area (Å²) in [6.07, 6.45) is 3.29. The third kappa shape index (κ3) is 2.97. The molecule has 0 fully saturated rings. The maximum absolute atomic E-state index is 9.94. The number of hydrogen-bond acceptors (Lipinski definition) is 4. The molecule has 1 aromatic rings. The Labute approximate surface area is 82.8 Å². The highest BCUT2D eigenvalue weighted by atomic mass is 32.1. The number of nitrogens with zero attached hydrogens (tertiary/aromatic N) is 1. The van der Waals surface area contributed by atoms with Crippen LogP contribution in [0, 0.1) is 0 Å². The van der Waals surface area contributed by atoms with Crippen LogP contribution >= 0.6 is 11.3 Å². The first-order valence-electron chi connectivity index (χ1n) is 4.56. The van der Waals surface area contributed by atoms with E-state index >= 15 is 0 Å². The zero-order valence-electron chi connectivity index (χ0n) is 8.08. The standard InChI is InChI=1S/C9H16N2OS/c1-3-9(12,4-2)7-11-8-10-5-6-13-8/h5-6,12H,3-4,7H2,1-2H3,(H,10,11). The van der Waals surface area contributed by atoms with Crippen molar-refractivity contribution in [1.82, 2.24) is 4.98 Å². The lowest BCUT2D eigenvalue weighted by molar-refractivity contribution is 0.0457. The Balaban J connectivity index is 2.41. The van der Waals surface area contributed by atoms with Crippen LogP contribution in [-0.2, 0) is 0 Å². The first kappa shape index (κ1) is 10.5. The Kier molecular flexibility index (Phi) is 3.69. The van der Waals surface area contributed by atoms with Gasteiger partial charge in [-0.05, 0) is 12.8 Å². The zero-order valence-corrected chi connectivity index (χ0v) is 8.90. The molecule has 0 bridgehead atoms. The van der Waals surface area contributed by atoms with E-state index in [9.17, 15) is 5.11 Å². The van der Waals surface area contributed by atoms with E-state index < -0.39 is 5.60 Å². The van der Waals surface area contributed by atoms with E-state index in [0.29, 0.717) is 6.54 Å². The molecule has 2 N–H and O–H groups in total. The molecule has 0 amide bonds. The number of hydrogen-bond donors (Lipinski definition) is 2. The Bertz CT molecular complexity index is 232. The molecule has 0 aromatic carbocycles. The summed E-state index contributed by atoms with van der Waals surface area (Å²) in [4.78, 5) is 4.08. The molecule has 0 atom stereocenters. The second-order valence-electron chi connectivity index (χ2n) is 3.12. The summed E-state index contributed by atoms with van der Waals surface area (Å²) < 4.78 is 0. The molecule has 0 aliphatic heterocycles. The molecule has 1 rings (SSSR count). The number of anilines is 1. The SMILES string of the molecule is CCC(O)(CC)CNc1nccs1. The monoisotopic (exact) mass is 200 g/mol. The summed E-state index contributed by atoms with van der Waals surface area (Å²) >= 11 is 1.55. The average Bonchev–Trinajstić information content (AvgIpc) is 2.67. The number of rotatable bonds is 5. The normalized spacial score (nSPS) is 11.6. The molecule has 0 aliphatic rings. The lowest BCUT2D eigenvalue weighted by atomic mass is 9.98. The van der Waals surface area contributed by atoms with Gasteiger partial charge in [-0.2, -0.15) is 0 Å². The molecule has 3 nitrogen and oxygen atoms in total. The van der Waals surface area contributed by atoms with E-state index in [0.717, 1.165) is 18.0 Å². The molecular weight excluding hydrogens is 184 g/mol. The highest BCUT2D eigenvalue weighted by Gasteiger charge is 2.21. The maximum atomic E-state index is 9.94. The van der Waals surface area contributed by atoms with Crippen molar-refractivity contribution in [3.05, 3.63) is 11.6 Å². The summed E-state index contributed by atoms with van der Waals surface area (Å²) in [6.45, 7) is 4.56. The Morgan fingerprint density at radius 3 is 2.69 bits per heavy atom. The summed E-state index contributed by atoms with van der Waals surface area (Å²) in [5.74, 6) is 0. The van der Waals surface area contributed by atoms with Gasteiger partial charge in [-0.25, -0.2) is 4.98 Å². The van der Waals surface area contributed by atoms with E-state index in [1.165, 1.54) is 0 Å². The molecule has 0 unspecified atom stereocenters. The minimum absolute atomic E-state index is 0.577. The summed E-state index contributed by atoms with van der Waals surface area (Å²) in [5.41, 5.74) is -0.592. The van der Waals surface area contributed by atoms with Gasteiger partial charge in [0.25, 0.3) is 0 Å². The quantitative estimate of drug-likeness (QED) is 0.765. The maximum Gasteiger partial charge on any atom is 0.182 e. The van der Waals surface area contributed by atoms with Crippen molar-refractivity contribution in [2.45, 2.75) is 32.3 Å². The fraction of sp³-hybridized carbons (Fsp3) is 0.667. The summed E-state index contributed by atoms with van der Waals surface area (Å²) in [6, 6.07) is 0. The Morgan fingerprint density at radius 1 is 1.54 bits per heavy atom. The molecule has 1 aromatic heterocycles. The first-order valence-corrected chi connectivity index (χ1v) is 5.44. The number of aliphatic hydroxyl groups is 1. The first-order chi connectivity index (χ1) is 6.20. The van der Waals surface area contributed by atoms with Gasteiger partial charge in [-0.3, -0.25) is 0 Å². The van der Waals surface area contributed by atoms with Crippen molar-refractivity contribution in [3.8, 4) is 0 Å². The molecule has 0 spiro atoms. The second kappa shape index (κ2) is 4.58. The van der Waals surface area contributed by atoms with Crippen LogP contribution < -0.4 is 5.32 Å². The van der Waals surface area contributed by atoms with Gasteiger partial charge in [0.1, 0.15) is 0 Å². The molecule has 0 aliphatic carbocycles. The molecular formula is C9H16N2OS. The topological polar surface area (TPSA) is 45.1 Å². The third-order valence-corrected chi connectivity index (χ3v) is 3.05. The van der Waals surface area contributed by atoms with Gasteiger partial charge >= 0.3 is 0 Å². The largest absolute Gasteiger partial charge is 0.388 e. The lowest BCUT2D eigenvalue weighted by Gasteiger charge is -2.25. The van der Waals surface area contributed by atoms with Crippen molar-refractivity contribution >= 4 is 16.5 Å². The lowest BCUT2D eigenvalue weighted by Crippen LogP contribution is -2.35. The predicted octanol–water partition coefficient (Wildman–Crippen LogP) is 2.11. The van der Waals surface area contributed by atoms with E-state index in [1.54, 1.807) is 17.5 Å². The van der Waals surface area contributed by atoms with E-state index in [-0.39, 0.29) is 0 Å². The van der Waals surface area contributed by atoms with Gasteiger partial charge in [0.15, 0.2) is 5.13 Å². The molecule has 0 radical (unpaired) electrons. The Hall–Kier alpha value is -0.610. The predicted molar refractivity (Wildman–Crippen MR) is 56.1 cm³/mol. The van der Waals surface area contributed by atoms with Crippen LogP contribution in [0.4, 0.5) is 5.13 Å². The molecule has 0 saturated heterocycles. The van der Waals surface area contributed by atoms with Crippen molar-refractivity contribution in [2.75, 3.05) is 11.9 Å². The van der Waals surface area contributed by atoms with Crippen LogP contribution in [0.3, 0.4) is 0 Å². The minimum Gasteiger partial charge on any atom is -0.388 e. The molecule has 4 heteroatoms. The van der Waals surface area contributed by atoms with E-state index in [4.69, 9.17) is 0 Å². The van der Waals surface area contributed by atoms with Gasteiger partial charge in [-0.1, -0.05) is 13.8 Å². The van der Waals surface area contributed by atoms with Crippen LogP contribution in [0.25, 0.3) is 0 Å².